The van der Waals surface area contributed by atoms with Crippen molar-refractivity contribution >= 4 is 29.5 Å². The highest BCUT2D eigenvalue weighted by Gasteiger charge is 2.12. The van der Waals surface area contributed by atoms with Gasteiger partial charge in [-0.2, -0.15) is 0 Å². The zero-order valence-corrected chi connectivity index (χ0v) is 21.9. The van der Waals surface area contributed by atoms with Gasteiger partial charge in [0.2, 0.25) is 0 Å². The Kier molecular flexibility index (Phi) is 8.17. The second-order valence-electron chi connectivity index (χ2n) is 9.20. The number of aromatic nitrogens is 1. The third kappa shape index (κ3) is 5.66. The maximum Gasteiger partial charge on any atom is 0.0873 e. The first-order valence-electron chi connectivity index (χ1n) is 12.9. The Hall–Kier alpha value is -3.91. The monoisotopic (exact) mass is 472 g/mol. The number of benzene rings is 2. The van der Waals surface area contributed by atoms with Crippen LogP contribution in [-0.2, 0) is 12.8 Å². The van der Waals surface area contributed by atoms with Gasteiger partial charge < -0.3 is 5.32 Å². The van der Waals surface area contributed by atoms with Crippen LogP contribution in [0.2, 0.25) is 0 Å². The fourth-order valence-electron chi connectivity index (χ4n) is 4.68. The van der Waals surface area contributed by atoms with E-state index in [0.29, 0.717) is 0 Å². The Morgan fingerprint density at radius 3 is 2.61 bits per heavy atom. The Morgan fingerprint density at radius 2 is 1.86 bits per heavy atom. The Morgan fingerprint density at radius 1 is 1.00 bits per heavy atom. The summed E-state index contributed by atoms with van der Waals surface area (Å²) >= 11 is 0. The van der Waals surface area contributed by atoms with Crippen molar-refractivity contribution in [1.29, 1.82) is 0 Å². The maximum atomic E-state index is 4.78. The minimum absolute atomic E-state index is 0.930. The smallest absolute Gasteiger partial charge is 0.0873 e. The van der Waals surface area contributed by atoms with Crippen LogP contribution in [0.5, 0.6) is 0 Å². The first-order valence-corrected chi connectivity index (χ1v) is 12.9. The first kappa shape index (κ1) is 25.2. The normalized spacial score (nSPS) is 14.2. The second kappa shape index (κ2) is 11.7. The summed E-state index contributed by atoms with van der Waals surface area (Å²) in [6.45, 7) is 13.0. The minimum atomic E-state index is 0.930. The lowest BCUT2D eigenvalue weighted by molar-refractivity contribution is 0.899. The predicted octanol–water partition coefficient (Wildman–Crippen LogP) is 6.74. The second-order valence-corrected chi connectivity index (χ2v) is 9.20. The molecule has 2 aromatic carbocycles. The lowest BCUT2D eigenvalue weighted by atomic mass is 9.94. The molecule has 2 heterocycles. The van der Waals surface area contributed by atoms with Gasteiger partial charge in [0.05, 0.1) is 11.4 Å². The highest BCUT2D eigenvalue weighted by atomic mass is 14.9. The molecule has 0 fully saturated rings. The Labute approximate surface area is 215 Å². The van der Waals surface area contributed by atoms with Crippen molar-refractivity contribution in [2.24, 2.45) is 0 Å². The Balaban J connectivity index is 1.83. The number of rotatable bonds is 7. The summed E-state index contributed by atoms with van der Waals surface area (Å²) in [4.78, 5) is 4.78. The number of hydrogen-bond acceptors (Lipinski definition) is 2. The van der Waals surface area contributed by atoms with E-state index in [1.807, 2.05) is 25.3 Å². The molecule has 0 saturated carbocycles. The number of nitrogens with one attached hydrogen (secondary N) is 1. The van der Waals surface area contributed by atoms with Crippen LogP contribution in [0, 0.1) is 6.92 Å². The van der Waals surface area contributed by atoms with E-state index in [1.165, 1.54) is 22.3 Å². The molecule has 1 aromatic heterocycles. The molecule has 36 heavy (non-hydrogen) atoms. The van der Waals surface area contributed by atoms with Crippen LogP contribution in [0.1, 0.15) is 60.8 Å². The molecular formula is C34H36N2. The SMILES string of the molecule is C=c1ccc(C2=C(c3cccc(C)n3)NC=CC=C2)c/c1=C/C(=C\C)c1ccc(CC)c(CCC)c1. The fourth-order valence-corrected chi connectivity index (χ4v) is 4.68. The molecule has 2 heteroatoms. The number of hydrogen-bond donors (Lipinski definition) is 1. The van der Waals surface area contributed by atoms with Crippen LogP contribution in [0.15, 0.2) is 85.1 Å². The minimum Gasteiger partial charge on any atom is -0.359 e. The highest BCUT2D eigenvalue weighted by Crippen LogP contribution is 2.26. The number of aryl methyl sites for hydroxylation is 3. The van der Waals surface area contributed by atoms with Crippen molar-refractivity contribution in [3.05, 3.63) is 129 Å². The van der Waals surface area contributed by atoms with Gasteiger partial charge in [-0.3, -0.25) is 4.98 Å². The molecule has 0 spiro atoms. The number of pyridine rings is 1. The lowest BCUT2D eigenvalue weighted by Crippen LogP contribution is -2.23. The molecule has 4 rings (SSSR count). The van der Waals surface area contributed by atoms with Gasteiger partial charge in [-0.15, -0.1) is 0 Å². The first-order chi connectivity index (χ1) is 17.5. The molecule has 1 aliphatic heterocycles. The molecule has 0 aliphatic carbocycles. The molecule has 1 N–H and O–H groups in total. The van der Waals surface area contributed by atoms with Gasteiger partial charge in [-0.05, 0) is 95.3 Å². The Bertz CT molecular complexity index is 1480. The van der Waals surface area contributed by atoms with Crippen molar-refractivity contribution < 1.29 is 0 Å². The van der Waals surface area contributed by atoms with Crippen molar-refractivity contribution in [3.63, 3.8) is 0 Å². The summed E-state index contributed by atoms with van der Waals surface area (Å²) in [6, 6.07) is 19.5. The van der Waals surface area contributed by atoms with E-state index in [-0.39, 0.29) is 0 Å². The molecule has 1 aliphatic rings. The zero-order chi connectivity index (χ0) is 25.5. The van der Waals surface area contributed by atoms with Crippen molar-refractivity contribution in [1.82, 2.24) is 10.3 Å². The van der Waals surface area contributed by atoms with Gasteiger partial charge in [0, 0.05) is 17.5 Å². The predicted molar refractivity (Wildman–Crippen MR) is 156 cm³/mol. The zero-order valence-electron chi connectivity index (χ0n) is 21.9. The van der Waals surface area contributed by atoms with Crippen molar-refractivity contribution in [3.8, 4) is 0 Å². The molecule has 0 amide bonds. The van der Waals surface area contributed by atoms with Crippen LogP contribution in [0.3, 0.4) is 0 Å². The standard InChI is InChI=1S/C34H36N2/c1-6-12-28-22-29(19-18-26(28)7-2)27(8-3)21-31-23-30(17-16-24(31)4)32-14-9-10-20-35-34(32)33-15-11-13-25(5)36-33/h8-11,13-23,35H,4,6-7,12H2,1-3,5H3/b27-8+,31-21-. The number of nitrogens with zero attached hydrogens (tertiary/aromatic N) is 1. The van der Waals surface area contributed by atoms with Crippen molar-refractivity contribution in [2.45, 2.75) is 47.0 Å². The summed E-state index contributed by atoms with van der Waals surface area (Å²) < 4.78 is 0. The lowest BCUT2D eigenvalue weighted by Gasteiger charge is -2.13. The van der Waals surface area contributed by atoms with E-state index in [2.05, 4.69) is 106 Å². The van der Waals surface area contributed by atoms with Gasteiger partial charge in [0.25, 0.3) is 0 Å². The van der Waals surface area contributed by atoms with Gasteiger partial charge in [-0.1, -0.05) is 81.5 Å². The molecule has 0 atom stereocenters. The molecule has 0 radical (unpaired) electrons. The van der Waals surface area contributed by atoms with Gasteiger partial charge in [-0.25, -0.2) is 0 Å². The van der Waals surface area contributed by atoms with Crippen LogP contribution >= 0.6 is 0 Å². The summed E-state index contributed by atoms with van der Waals surface area (Å²) in [6.07, 6.45) is 16.0. The van der Waals surface area contributed by atoms with Gasteiger partial charge >= 0.3 is 0 Å². The summed E-state index contributed by atoms with van der Waals surface area (Å²) in [7, 11) is 0. The van der Waals surface area contributed by atoms with E-state index in [0.717, 1.165) is 57.9 Å². The third-order valence-electron chi connectivity index (χ3n) is 6.63. The summed E-state index contributed by atoms with van der Waals surface area (Å²) in [5.41, 5.74) is 10.5. The quantitative estimate of drug-likeness (QED) is 0.412. The third-order valence-corrected chi connectivity index (χ3v) is 6.63. The maximum absolute atomic E-state index is 4.78. The van der Waals surface area contributed by atoms with Crippen LogP contribution < -0.4 is 15.8 Å². The fraction of sp³-hybridized carbons (Fsp3) is 0.206. The number of allylic oxidation sites excluding steroid dienone is 6. The molecular weight excluding hydrogens is 436 g/mol. The topological polar surface area (TPSA) is 24.9 Å². The average molecular weight is 473 g/mol. The van der Waals surface area contributed by atoms with Crippen LogP contribution in [0.4, 0.5) is 0 Å². The van der Waals surface area contributed by atoms with Crippen molar-refractivity contribution in [2.75, 3.05) is 0 Å². The summed E-state index contributed by atoms with van der Waals surface area (Å²) in [5, 5.41) is 5.58. The van der Waals surface area contributed by atoms with E-state index in [1.54, 1.807) is 0 Å². The average Bonchev–Trinajstić information content (AvgIpc) is 3.15. The molecule has 2 nitrogen and oxygen atoms in total. The summed E-state index contributed by atoms with van der Waals surface area (Å²) in [5.74, 6) is 0. The van der Waals surface area contributed by atoms with E-state index in [9.17, 15) is 0 Å². The molecule has 0 saturated heterocycles. The largest absolute Gasteiger partial charge is 0.359 e. The van der Waals surface area contributed by atoms with Gasteiger partial charge in [0.1, 0.15) is 0 Å². The van der Waals surface area contributed by atoms with Crippen LogP contribution in [0.25, 0.3) is 29.5 Å². The highest BCUT2D eigenvalue weighted by molar-refractivity contribution is 5.95. The molecule has 0 unspecified atom stereocenters. The molecule has 182 valence electrons. The van der Waals surface area contributed by atoms with Crippen LogP contribution in [-0.4, -0.2) is 4.98 Å². The van der Waals surface area contributed by atoms with Gasteiger partial charge in [0.15, 0.2) is 0 Å². The van der Waals surface area contributed by atoms with E-state index in [4.69, 9.17) is 4.98 Å². The molecule has 0 bridgehead atoms. The van der Waals surface area contributed by atoms with E-state index < -0.39 is 0 Å². The van der Waals surface area contributed by atoms with E-state index >= 15 is 0 Å². The molecule has 3 aromatic rings.